The highest BCUT2D eigenvalue weighted by Crippen LogP contribution is 2.34. The number of halogens is 2. The van der Waals surface area contributed by atoms with E-state index < -0.39 is 11.8 Å². The van der Waals surface area contributed by atoms with Crippen LogP contribution in [0.5, 0.6) is 11.5 Å². The molecule has 2 N–H and O–H groups in total. The van der Waals surface area contributed by atoms with E-state index in [0.29, 0.717) is 5.56 Å². The van der Waals surface area contributed by atoms with Gasteiger partial charge in [-0.2, -0.15) is 0 Å². The van der Waals surface area contributed by atoms with Gasteiger partial charge in [-0.3, -0.25) is 19.8 Å². The molecule has 0 unspecified atom stereocenters. The first kappa shape index (κ1) is 19.2. The van der Waals surface area contributed by atoms with Gasteiger partial charge in [-0.15, -0.1) is 0 Å². The van der Waals surface area contributed by atoms with Crippen LogP contribution < -0.4 is 15.0 Å². The van der Waals surface area contributed by atoms with Gasteiger partial charge in [0.05, 0.1) is 22.8 Å². The maximum atomic E-state index is 13.0. The van der Waals surface area contributed by atoms with Crippen LogP contribution in [0.15, 0.2) is 42.0 Å². The molecule has 0 saturated carbocycles. The standard InChI is InChI=1S/C18H12Cl2N2O4S/c1-26-14-8-9(5-6-13(14)23)7-10-16(24)21-18(27)22(17(10)25)12-4-2-3-11(19)15(12)20/h2-8,23H,1H3,(H,21,24,27)/b10-7+. The van der Waals surface area contributed by atoms with Crippen LogP contribution in [0.1, 0.15) is 5.56 Å². The molecule has 2 aromatic carbocycles. The Morgan fingerprint density at radius 1 is 1.22 bits per heavy atom. The topological polar surface area (TPSA) is 78.9 Å². The number of hydrogen-bond donors (Lipinski definition) is 2. The molecule has 0 spiro atoms. The molecular formula is C18H12Cl2N2O4S. The Hall–Kier alpha value is -2.61. The Bertz CT molecular complexity index is 1010. The molecule has 2 aromatic rings. The first-order chi connectivity index (χ1) is 12.8. The van der Waals surface area contributed by atoms with Crippen LogP contribution in [-0.2, 0) is 9.59 Å². The van der Waals surface area contributed by atoms with E-state index in [2.05, 4.69) is 5.32 Å². The molecule has 138 valence electrons. The van der Waals surface area contributed by atoms with Gasteiger partial charge in [-0.05, 0) is 48.1 Å². The highest BCUT2D eigenvalue weighted by atomic mass is 35.5. The highest BCUT2D eigenvalue weighted by molar-refractivity contribution is 7.80. The minimum absolute atomic E-state index is 0.0624. The van der Waals surface area contributed by atoms with Gasteiger partial charge >= 0.3 is 0 Å². The van der Waals surface area contributed by atoms with Crippen molar-refractivity contribution >= 4 is 64.1 Å². The smallest absolute Gasteiger partial charge is 0.270 e. The molecule has 0 aromatic heterocycles. The number of phenols is 1. The summed E-state index contributed by atoms with van der Waals surface area (Å²) in [6.07, 6.45) is 1.37. The van der Waals surface area contributed by atoms with Crippen molar-refractivity contribution < 1.29 is 19.4 Å². The van der Waals surface area contributed by atoms with E-state index in [9.17, 15) is 14.7 Å². The fourth-order valence-corrected chi connectivity index (χ4v) is 3.15. The number of thiocarbonyl (C=S) groups is 1. The van der Waals surface area contributed by atoms with Gasteiger partial charge in [0.2, 0.25) is 0 Å². The summed E-state index contributed by atoms with van der Waals surface area (Å²) in [5, 5.41) is 12.4. The lowest BCUT2D eigenvalue weighted by Gasteiger charge is -2.29. The van der Waals surface area contributed by atoms with Crippen LogP contribution in [0.3, 0.4) is 0 Å². The van der Waals surface area contributed by atoms with Crippen molar-refractivity contribution in [1.82, 2.24) is 5.32 Å². The van der Waals surface area contributed by atoms with Gasteiger partial charge in [-0.25, -0.2) is 0 Å². The molecule has 1 saturated heterocycles. The van der Waals surface area contributed by atoms with Crippen molar-refractivity contribution in [2.24, 2.45) is 0 Å². The van der Waals surface area contributed by atoms with Gasteiger partial charge in [-0.1, -0.05) is 35.3 Å². The van der Waals surface area contributed by atoms with Crippen LogP contribution >= 0.6 is 35.4 Å². The van der Waals surface area contributed by atoms with E-state index in [0.717, 1.165) is 4.90 Å². The van der Waals surface area contributed by atoms with Crippen LogP contribution in [0, 0.1) is 0 Å². The summed E-state index contributed by atoms with van der Waals surface area (Å²) < 4.78 is 5.04. The van der Waals surface area contributed by atoms with Gasteiger partial charge in [0.15, 0.2) is 16.6 Å². The summed E-state index contributed by atoms with van der Waals surface area (Å²) in [6.45, 7) is 0. The average molecular weight is 423 g/mol. The van der Waals surface area contributed by atoms with Crippen LogP contribution in [0.25, 0.3) is 6.08 Å². The molecule has 1 aliphatic heterocycles. The first-order valence-corrected chi connectivity index (χ1v) is 8.72. The molecule has 27 heavy (non-hydrogen) atoms. The molecule has 0 radical (unpaired) electrons. The number of methoxy groups -OCH3 is 1. The molecular weight excluding hydrogens is 411 g/mol. The Kier molecular flexibility index (Phi) is 5.36. The Balaban J connectivity index is 2.06. The highest BCUT2D eigenvalue weighted by Gasteiger charge is 2.35. The van der Waals surface area contributed by atoms with Crippen molar-refractivity contribution in [1.29, 1.82) is 0 Å². The number of carbonyl (C=O) groups is 2. The second kappa shape index (κ2) is 7.56. The maximum absolute atomic E-state index is 13.0. The number of benzene rings is 2. The van der Waals surface area contributed by atoms with Gasteiger partial charge in [0.25, 0.3) is 11.8 Å². The zero-order valence-electron chi connectivity index (χ0n) is 13.8. The number of phenolic OH excluding ortho intramolecular Hbond substituents is 1. The summed E-state index contributed by atoms with van der Waals surface area (Å²) in [4.78, 5) is 26.4. The minimum Gasteiger partial charge on any atom is -0.504 e. The zero-order chi connectivity index (χ0) is 19.7. The van der Waals surface area contributed by atoms with E-state index in [1.807, 2.05) is 0 Å². The monoisotopic (exact) mass is 422 g/mol. The van der Waals surface area contributed by atoms with Crippen LogP contribution in [0.4, 0.5) is 5.69 Å². The number of aromatic hydroxyl groups is 1. The first-order valence-electron chi connectivity index (χ1n) is 7.56. The summed E-state index contributed by atoms with van der Waals surface area (Å²) in [5.74, 6) is -1.16. The molecule has 6 nitrogen and oxygen atoms in total. The Labute approximate surface area is 169 Å². The third kappa shape index (κ3) is 3.62. The molecule has 1 heterocycles. The predicted octanol–water partition coefficient (Wildman–Crippen LogP) is 3.54. The molecule has 1 fully saturated rings. The molecule has 9 heteroatoms. The summed E-state index contributed by atoms with van der Waals surface area (Å²) in [5.41, 5.74) is 0.578. The van der Waals surface area contributed by atoms with Crippen molar-refractivity contribution in [2.45, 2.75) is 0 Å². The largest absolute Gasteiger partial charge is 0.504 e. The van der Waals surface area contributed by atoms with Crippen molar-refractivity contribution in [2.75, 3.05) is 12.0 Å². The number of nitrogens with zero attached hydrogens (tertiary/aromatic N) is 1. The SMILES string of the molecule is COc1cc(/C=C2\C(=O)NC(=S)N(c3cccc(Cl)c3Cl)C2=O)ccc1O. The zero-order valence-corrected chi connectivity index (χ0v) is 16.2. The molecule has 3 rings (SSSR count). The molecule has 2 amide bonds. The maximum Gasteiger partial charge on any atom is 0.270 e. The molecule has 1 aliphatic rings. The normalized spacial score (nSPS) is 15.9. The number of ether oxygens (including phenoxy) is 1. The fraction of sp³-hybridized carbons (Fsp3) is 0.0556. The number of amides is 2. The van der Waals surface area contributed by atoms with Crippen molar-refractivity contribution in [3.63, 3.8) is 0 Å². The second-order valence-electron chi connectivity index (χ2n) is 5.46. The van der Waals surface area contributed by atoms with Gasteiger partial charge in [0, 0.05) is 0 Å². The lowest BCUT2D eigenvalue weighted by molar-refractivity contribution is -0.122. The number of anilines is 1. The summed E-state index contributed by atoms with van der Waals surface area (Å²) in [7, 11) is 1.39. The second-order valence-corrected chi connectivity index (χ2v) is 6.63. The molecule has 0 aliphatic carbocycles. The van der Waals surface area contributed by atoms with E-state index in [-0.39, 0.29) is 37.9 Å². The number of carbonyl (C=O) groups excluding carboxylic acids is 2. The number of nitrogens with one attached hydrogen (secondary N) is 1. The van der Waals surface area contributed by atoms with Crippen LogP contribution in [0.2, 0.25) is 10.0 Å². The van der Waals surface area contributed by atoms with E-state index in [1.165, 1.54) is 31.4 Å². The summed E-state index contributed by atoms with van der Waals surface area (Å²) in [6, 6.07) is 9.18. The van der Waals surface area contributed by atoms with E-state index in [4.69, 9.17) is 40.2 Å². The summed E-state index contributed by atoms with van der Waals surface area (Å²) >= 11 is 17.3. The third-order valence-corrected chi connectivity index (χ3v) is 4.88. The van der Waals surface area contributed by atoms with Crippen molar-refractivity contribution in [3.8, 4) is 11.5 Å². The minimum atomic E-state index is -0.653. The quantitative estimate of drug-likeness (QED) is 0.449. The van der Waals surface area contributed by atoms with E-state index in [1.54, 1.807) is 18.2 Å². The van der Waals surface area contributed by atoms with Gasteiger partial charge < -0.3 is 9.84 Å². The van der Waals surface area contributed by atoms with Crippen molar-refractivity contribution in [3.05, 3.63) is 57.6 Å². The Morgan fingerprint density at radius 3 is 2.67 bits per heavy atom. The predicted molar refractivity (Wildman–Crippen MR) is 107 cm³/mol. The van der Waals surface area contributed by atoms with E-state index >= 15 is 0 Å². The third-order valence-electron chi connectivity index (χ3n) is 3.79. The lowest BCUT2D eigenvalue weighted by atomic mass is 10.1. The number of rotatable bonds is 3. The van der Waals surface area contributed by atoms with Gasteiger partial charge in [0.1, 0.15) is 5.57 Å². The molecule has 0 atom stereocenters. The molecule has 0 bridgehead atoms. The lowest BCUT2D eigenvalue weighted by Crippen LogP contribution is -2.54. The average Bonchev–Trinajstić information content (AvgIpc) is 2.63. The number of hydrogen-bond acceptors (Lipinski definition) is 5. The van der Waals surface area contributed by atoms with Crippen LogP contribution in [-0.4, -0.2) is 29.1 Å². The fourth-order valence-electron chi connectivity index (χ4n) is 2.49. The Morgan fingerprint density at radius 2 is 1.96 bits per heavy atom.